The van der Waals surface area contributed by atoms with Gasteiger partial charge in [0.2, 0.25) is 0 Å². The minimum absolute atomic E-state index is 0.0328. The Morgan fingerprint density at radius 2 is 2.00 bits per heavy atom. The van der Waals surface area contributed by atoms with E-state index in [1.54, 1.807) is 30.5 Å². The molecule has 2 aromatic heterocycles. The molecule has 1 N–H and O–H groups in total. The fraction of sp³-hybridized carbons (Fsp3) is 0.424. The Bertz CT molecular complexity index is 1700. The molecule has 7 nitrogen and oxygen atoms in total. The average molecular weight is 589 g/mol. The molecule has 4 atom stereocenters. The van der Waals surface area contributed by atoms with Crippen LogP contribution in [0.5, 0.6) is 6.01 Å². The quantitative estimate of drug-likeness (QED) is 0.323. The van der Waals surface area contributed by atoms with Gasteiger partial charge in [0.15, 0.2) is 5.82 Å². The molecule has 0 saturated carbocycles. The fourth-order valence-corrected chi connectivity index (χ4v) is 6.76. The number of methoxy groups -OCH3 is 1. The Hall–Kier alpha value is -3.94. The molecule has 0 amide bonds. The van der Waals surface area contributed by atoms with Gasteiger partial charge in [-0.2, -0.15) is 9.97 Å². The third kappa shape index (κ3) is 5.36. The summed E-state index contributed by atoms with van der Waals surface area (Å²) in [5.74, 6) is 2.12. The van der Waals surface area contributed by atoms with E-state index >= 15 is 4.39 Å². The smallest absolute Gasteiger partial charge is 0.318 e. The number of hydrogen-bond acceptors (Lipinski definition) is 7. The van der Waals surface area contributed by atoms with E-state index in [2.05, 4.69) is 38.0 Å². The van der Waals surface area contributed by atoms with Gasteiger partial charge in [0.05, 0.1) is 18.1 Å². The molecule has 7 rings (SSSR count). The molecule has 2 aromatic carbocycles. The summed E-state index contributed by atoms with van der Waals surface area (Å²) in [6, 6.07) is 9.00. The summed E-state index contributed by atoms with van der Waals surface area (Å²) in [7, 11) is 3.37. The van der Waals surface area contributed by atoms with Crippen molar-refractivity contribution in [3.8, 4) is 29.6 Å². The van der Waals surface area contributed by atoms with Crippen LogP contribution in [0.15, 0.2) is 36.5 Å². The van der Waals surface area contributed by atoms with E-state index < -0.39 is 17.8 Å². The molecular weight excluding hydrogens is 553 g/mol. The number of benzene rings is 2. The molecule has 0 radical (unpaired) electrons. The van der Waals surface area contributed by atoms with Gasteiger partial charge < -0.3 is 15.0 Å². The number of nitrogens with zero attached hydrogens (tertiary/aromatic N) is 5. The van der Waals surface area contributed by atoms with Crippen molar-refractivity contribution in [2.24, 2.45) is 5.92 Å². The third-order valence-corrected chi connectivity index (χ3v) is 8.99. The molecule has 3 saturated heterocycles. The number of terminal acetylenes is 1. The number of anilines is 1. The van der Waals surface area contributed by atoms with Gasteiger partial charge in [0.1, 0.15) is 29.0 Å². The van der Waals surface area contributed by atoms with Gasteiger partial charge in [-0.25, -0.2) is 13.2 Å². The number of ether oxygens (including phenoxy) is 1. The molecule has 3 aliphatic heterocycles. The van der Waals surface area contributed by atoms with E-state index in [9.17, 15) is 8.78 Å². The lowest BCUT2D eigenvalue weighted by molar-refractivity contribution is 0.292. The van der Waals surface area contributed by atoms with Crippen molar-refractivity contribution in [2.75, 3.05) is 45.2 Å². The third-order valence-electron chi connectivity index (χ3n) is 8.99. The zero-order valence-corrected chi connectivity index (χ0v) is 24.6. The Morgan fingerprint density at radius 1 is 1.16 bits per heavy atom. The molecule has 4 aromatic rings. The van der Waals surface area contributed by atoms with Gasteiger partial charge in [-0.05, 0) is 49.7 Å². The molecule has 0 spiro atoms. The number of alkyl halides is 1. The lowest BCUT2D eigenvalue weighted by atomic mass is 9.96. The number of rotatable bonds is 4. The van der Waals surface area contributed by atoms with E-state index in [4.69, 9.17) is 11.2 Å². The average Bonchev–Trinajstić information content (AvgIpc) is 3.73. The SMILES string of the molecule is C#Cc1c(F)ccc2cccc(-c3ncc4c(N(C)C5CNC[C@@H]5C)nc(OC)nc4c3F)c12.FC1CC2CCCN2C1. The Kier molecular flexibility index (Phi) is 8.12. The maximum Gasteiger partial charge on any atom is 0.318 e. The molecule has 0 aliphatic carbocycles. The summed E-state index contributed by atoms with van der Waals surface area (Å²) in [5, 5.41) is 4.96. The fourth-order valence-electron chi connectivity index (χ4n) is 6.76. The normalized spacial score (nSPS) is 23.2. The summed E-state index contributed by atoms with van der Waals surface area (Å²) in [5.41, 5.74) is 0.571. The Labute approximate surface area is 249 Å². The zero-order chi connectivity index (χ0) is 30.2. The van der Waals surface area contributed by atoms with Crippen LogP contribution in [0, 0.1) is 29.9 Å². The number of fused-ring (bicyclic) bond motifs is 3. The van der Waals surface area contributed by atoms with Crippen molar-refractivity contribution in [3.05, 3.63) is 53.7 Å². The largest absolute Gasteiger partial charge is 0.467 e. The lowest BCUT2D eigenvalue weighted by Gasteiger charge is -2.29. The van der Waals surface area contributed by atoms with E-state index in [1.807, 2.05) is 11.9 Å². The topological polar surface area (TPSA) is 66.4 Å². The number of nitrogens with one attached hydrogen (secondary N) is 1. The van der Waals surface area contributed by atoms with E-state index in [0.29, 0.717) is 46.0 Å². The first-order chi connectivity index (χ1) is 20.8. The van der Waals surface area contributed by atoms with Crippen LogP contribution in [0.1, 0.15) is 31.7 Å². The minimum Gasteiger partial charge on any atom is -0.467 e. The predicted octanol–water partition coefficient (Wildman–Crippen LogP) is 5.35. The molecule has 3 unspecified atom stereocenters. The number of pyridine rings is 1. The summed E-state index contributed by atoms with van der Waals surface area (Å²) in [6.07, 6.45) is 9.97. The maximum atomic E-state index is 16.0. The monoisotopic (exact) mass is 588 g/mol. The molecule has 43 heavy (non-hydrogen) atoms. The standard InChI is InChI=1S/C26H23F2N5O.C7H12FN/c1-5-16-19(27)10-9-15-7-6-8-17(21(15)16)23-22(28)24-18(12-30-23)25(32-26(31-24)34-4)33(3)20-13-29-11-14(20)2;8-6-4-7-2-1-3-9(7)5-6/h1,6-10,12,14,20,29H,11,13H2,2-4H3;6-7H,1-5H2/t14-,20?;/m0./s1. The van der Waals surface area contributed by atoms with Crippen LogP contribution in [0.3, 0.4) is 0 Å². The first-order valence-corrected chi connectivity index (χ1v) is 14.7. The highest BCUT2D eigenvalue weighted by Gasteiger charge is 2.35. The second-order valence-corrected chi connectivity index (χ2v) is 11.6. The van der Waals surface area contributed by atoms with Gasteiger partial charge >= 0.3 is 6.01 Å². The zero-order valence-electron chi connectivity index (χ0n) is 24.6. The van der Waals surface area contributed by atoms with E-state index in [1.165, 1.54) is 26.0 Å². The second-order valence-electron chi connectivity index (χ2n) is 11.6. The predicted molar refractivity (Wildman–Crippen MR) is 163 cm³/mol. The molecule has 3 fully saturated rings. The highest BCUT2D eigenvalue weighted by atomic mass is 19.1. The van der Waals surface area contributed by atoms with Crippen LogP contribution >= 0.6 is 0 Å². The minimum atomic E-state index is -0.648. The Balaban J connectivity index is 0.000000310. The van der Waals surface area contributed by atoms with Crippen molar-refractivity contribution < 1.29 is 17.9 Å². The van der Waals surface area contributed by atoms with Crippen LogP contribution in [0.2, 0.25) is 0 Å². The van der Waals surface area contributed by atoms with Crippen molar-refractivity contribution >= 4 is 27.5 Å². The lowest BCUT2D eigenvalue weighted by Crippen LogP contribution is -2.37. The second kappa shape index (κ2) is 12.0. The van der Waals surface area contributed by atoms with Crippen LogP contribution < -0.4 is 15.0 Å². The Morgan fingerprint density at radius 3 is 2.72 bits per heavy atom. The van der Waals surface area contributed by atoms with Crippen molar-refractivity contribution in [2.45, 2.75) is 44.4 Å². The van der Waals surface area contributed by atoms with Gasteiger partial charge in [-0.3, -0.25) is 9.88 Å². The molecule has 224 valence electrons. The number of aromatic nitrogens is 3. The van der Waals surface area contributed by atoms with Crippen molar-refractivity contribution in [1.29, 1.82) is 0 Å². The molecule has 5 heterocycles. The van der Waals surface area contributed by atoms with Crippen LogP contribution in [0.25, 0.3) is 32.9 Å². The van der Waals surface area contributed by atoms with Gasteiger partial charge in [-0.1, -0.05) is 37.1 Å². The van der Waals surface area contributed by atoms with E-state index in [0.717, 1.165) is 26.1 Å². The van der Waals surface area contributed by atoms with E-state index in [-0.39, 0.29) is 28.8 Å². The maximum absolute atomic E-state index is 16.0. The van der Waals surface area contributed by atoms with Gasteiger partial charge in [0.25, 0.3) is 0 Å². The molecular formula is C33H35F3N6O. The number of halogens is 3. The van der Waals surface area contributed by atoms with Crippen molar-refractivity contribution in [1.82, 2.24) is 25.2 Å². The van der Waals surface area contributed by atoms with Crippen molar-refractivity contribution in [3.63, 3.8) is 0 Å². The number of likely N-dealkylation sites (N-methyl/N-ethyl adjacent to an activating group) is 1. The summed E-state index contributed by atoms with van der Waals surface area (Å²) < 4.78 is 48.4. The van der Waals surface area contributed by atoms with Crippen LogP contribution in [0.4, 0.5) is 19.0 Å². The van der Waals surface area contributed by atoms with Gasteiger partial charge in [0, 0.05) is 49.4 Å². The van der Waals surface area contributed by atoms with Crippen LogP contribution in [-0.4, -0.2) is 78.4 Å². The molecule has 3 aliphatic rings. The van der Waals surface area contributed by atoms with Crippen LogP contribution in [-0.2, 0) is 0 Å². The first-order valence-electron chi connectivity index (χ1n) is 14.7. The summed E-state index contributed by atoms with van der Waals surface area (Å²) in [4.78, 5) is 17.6. The summed E-state index contributed by atoms with van der Waals surface area (Å²) in [6.45, 7) is 5.69. The number of hydrogen-bond donors (Lipinski definition) is 1. The molecule has 0 bridgehead atoms. The highest BCUT2D eigenvalue weighted by Crippen LogP contribution is 2.37. The van der Waals surface area contributed by atoms with Gasteiger partial charge in [-0.15, -0.1) is 6.42 Å². The highest BCUT2D eigenvalue weighted by molar-refractivity contribution is 6.02. The molecule has 10 heteroatoms. The summed E-state index contributed by atoms with van der Waals surface area (Å²) >= 11 is 0. The first kappa shape index (κ1) is 29.1.